The van der Waals surface area contributed by atoms with Crippen LogP contribution in [0.5, 0.6) is 0 Å². The molecule has 0 radical (unpaired) electrons. The van der Waals surface area contributed by atoms with Crippen LogP contribution in [-0.4, -0.2) is 51.8 Å². The summed E-state index contributed by atoms with van der Waals surface area (Å²) in [5.74, 6) is -0.513. The number of rotatable bonds is 3. The zero-order chi connectivity index (χ0) is 17.9. The summed E-state index contributed by atoms with van der Waals surface area (Å²) in [4.78, 5) is 49.3. The molecular weight excluding hydrogens is 316 g/mol. The molecule has 2 rings (SSSR count). The molecule has 9 heteroatoms. The van der Waals surface area contributed by atoms with Crippen LogP contribution < -0.4 is 16.6 Å². The topological polar surface area (TPSA) is 103 Å². The summed E-state index contributed by atoms with van der Waals surface area (Å²) < 4.78 is 7.04. The molecule has 0 bridgehead atoms. The number of amides is 2. The second kappa shape index (κ2) is 7.33. The Morgan fingerprint density at radius 3 is 2.46 bits per heavy atom. The Kier molecular flexibility index (Phi) is 5.42. The summed E-state index contributed by atoms with van der Waals surface area (Å²) in [5.41, 5.74) is -1.19. The lowest BCUT2D eigenvalue weighted by Gasteiger charge is -2.31. The van der Waals surface area contributed by atoms with Crippen molar-refractivity contribution in [2.24, 2.45) is 14.1 Å². The molecule has 1 aromatic rings. The van der Waals surface area contributed by atoms with Crippen LogP contribution >= 0.6 is 0 Å². The largest absolute Gasteiger partial charge is 0.450 e. The van der Waals surface area contributed by atoms with Crippen LogP contribution in [0.25, 0.3) is 0 Å². The zero-order valence-corrected chi connectivity index (χ0v) is 14.1. The maximum atomic E-state index is 12.3. The average molecular weight is 338 g/mol. The van der Waals surface area contributed by atoms with Crippen LogP contribution in [0.1, 0.15) is 30.1 Å². The van der Waals surface area contributed by atoms with Gasteiger partial charge in [0.1, 0.15) is 5.56 Å². The molecule has 24 heavy (non-hydrogen) atoms. The molecule has 0 atom stereocenters. The molecule has 2 amide bonds. The van der Waals surface area contributed by atoms with Crippen LogP contribution in [0.15, 0.2) is 15.8 Å². The van der Waals surface area contributed by atoms with Crippen molar-refractivity contribution >= 4 is 12.0 Å². The van der Waals surface area contributed by atoms with Crippen LogP contribution in [0.2, 0.25) is 0 Å². The van der Waals surface area contributed by atoms with Crippen molar-refractivity contribution in [3.63, 3.8) is 0 Å². The van der Waals surface area contributed by atoms with E-state index in [9.17, 15) is 19.2 Å². The first-order valence-electron chi connectivity index (χ1n) is 7.84. The van der Waals surface area contributed by atoms with Crippen LogP contribution in [-0.2, 0) is 18.8 Å². The molecule has 1 aromatic heterocycles. The fraction of sp³-hybridized carbons (Fsp3) is 0.600. The van der Waals surface area contributed by atoms with E-state index in [1.807, 2.05) is 0 Å². The number of hydrogen-bond donors (Lipinski definition) is 1. The number of piperidine rings is 1. The van der Waals surface area contributed by atoms with E-state index in [1.54, 1.807) is 11.8 Å². The van der Waals surface area contributed by atoms with E-state index in [2.05, 4.69) is 5.32 Å². The van der Waals surface area contributed by atoms with Gasteiger partial charge in [0, 0.05) is 39.4 Å². The molecule has 1 fully saturated rings. The van der Waals surface area contributed by atoms with Crippen molar-refractivity contribution in [1.82, 2.24) is 19.4 Å². The monoisotopic (exact) mass is 338 g/mol. The molecule has 0 spiro atoms. The Morgan fingerprint density at radius 1 is 1.25 bits per heavy atom. The number of aromatic nitrogens is 2. The molecule has 1 aliphatic rings. The zero-order valence-electron chi connectivity index (χ0n) is 14.1. The third kappa shape index (κ3) is 3.66. The third-order valence-corrected chi connectivity index (χ3v) is 4.05. The summed E-state index contributed by atoms with van der Waals surface area (Å²) in [6, 6.07) is -0.134. The average Bonchev–Trinajstić information content (AvgIpc) is 2.57. The minimum atomic E-state index is -0.625. The standard InChI is InChI=1S/C15H22N4O5/c1-4-24-15(23)19-7-5-10(6-8-19)16-12(20)11-9-17(2)14(22)18(3)13(11)21/h9-10H,4-8H2,1-3H3,(H,16,20). The van der Waals surface area contributed by atoms with Gasteiger partial charge < -0.3 is 19.5 Å². The number of likely N-dealkylation sites (tertiary alicyclic amines) is 1. The molecule has 0 aromatic carbocycles. The van der Waals surface area contributed by atoms with E-state index < -0.39 is 17.2 Å². The van der Waals surface area contributed by atoms with Crippen molar-refractivity contribution in [2.75, 3.05) is 19.7 Å². The molecular formula is C15H22N4O5. The van der Waals surface area contributed by atoms with E-state index in [4.69, 9.17) is 4.74 Å². The molecule has 2 heterocycles. The smallest absolute Gasteiger partial charge is 0.409 e. The number of aryl methyl sites for hydroxylation is 1. The highest BCUT2D eigenvalue weighted by molar-refractivity contribution is 5.93. The molecule has 1 saturated heterocycles. The highest BCUT2D eigenvalue weighted by atomic mass is 16.6. The van der Waals surface area contributed by atoms with Gasteiger partial charge in [0.15, 0.2) is 0 Å². The Morgan fingerprint density at radius 2 is 1.88 bits per heavy atom. The predicted molar refractivity (Wildman–Crippen MR) is 86.0 cm³/mol. The van der Waals surface area contributed by atoms with Crippen LogP contribution in [0.4, 0.5) is 4.79 Å². The number of ether oxygens (including phenoxy) is 1. The molecule has 0 unspecified atom stereocenters. The molecule has 1 aliphatic heterocycles. The summed E-state index contributed by atoms with van der Waals surface area (Å²) in [6.45, 7) is 3.04. The number of hydrogen-bond acceptors (Lipinski definition) is 5. The molecule has 1 N–H and O–H groups in total. The van der Waals surface area contributed by atoms with Gasteiger partial charge in [-0.2, -0.15) is 0 Å². The minimum absolute atomic E-state index is 0.0765. The highest BCUT2D eigenvalue weighted by Crippen LogP contribution is 2.12. The quantitative estimate of drug-likeness (QED) is 0.795. The summed E-state index contributed by atoms with van der Waals surface area (Å²) in [5, 5.41) is 2.79. The van der Waals surface area contributed by atoms with Crippen LogP contribution in [0.3, 0.4) is 0 Å². The Labute approximate surface area is 138 Å². The lowest BCUT2D eigenvalue weighted by molar-refractivity contribution is 0.0858. The van der Waals surface area contributed by atoms with Gasteiger partial charge in [0.25, 0.3) is 11.5 Å². The van der Waals surface area contributed by atoms with E-state index in [0.717, 1.165) is 4.57 Å². The minimum Gasteiger partial charge on any atom is -0.450 e. The predicted octanol–water partition coefficient (Wildman–Crippen LogP) is -0.565. The van der Waals surface area contributed by atoms with Gasteiger partial charge >= 0.3 is 11.8 Å². The molecule has 0 aliphatic carbocycles. The summed E-state index contributed by atoms with van der Waals surface area (Å²) in [7, 11) is 2.82. The highest BCUT2D eigenvalue weighted by Gasteiger charge is 2.25. The van der Waals surface area contributed by atoms with Gasteiger partial charge in [-0.05, 0) is 19.8 Å². The second-order valence-corrected chi connectivity index (χ2v) is 5.73. The van der Waals surface area contributed by atoms with Crippen LogP contribution in [0, 0.1) is 0 Å². The van der Waals surface area contributed by atoms with E-state index in [1.165, 1.54) is 24.9 Å². The van der Waals surface area contributed by atoms with E-state index in [-0.39, 0.29) is 17.7 Å². The summed E-state index contributed by atoms with van der Waals surface area (Å²) >= 11 is 0. The van der Waals surface area contributed by atoms with Crippen molar-refractivity contribution in [3.8, 4) is 0 Å². The fourth-order valence-electron chi connectivity index (χ4n) is 2.65. The maximum Gasteiger partial charge on any atom is 0.409 e. The lowest BCUT2D eigenvalue weighted by Crippen LogP contribution is -2.48. The van der Waals surface area contributed by atoms with Crippen molar-refractivity contribution < 1.29 is 14.3 Å². The van der Waals surface area contributed by atoms with Gasteiger partial charge in [-0.3, -0.25) is 14.2 Å². The SMILES string of the molecule is CCOC(=O)N1CCC(NC(=O)c2cn(C)c(=O)n(C)c2=O)CC1. The third-order valence-electron chi connectivity index (χ3n) is 4.05. The molecule has 9 nitrogen and oxygen atoms in total. The van der Waals surface area contributed by atoms with Gasteiger partial charge in [0.2, 0.25) is 0 Å². The molecule has 132 valence electrons. The Hall–Kier alpha value is -2.58. The Balaban J connectivity index is 2.01. The fourth-order valence-corrected chi connectivity index (χ4v) is 2.65. The number of nitrogens with one attached hydrogen (secondary N) is 1. The lowest BCUT2D eigenvalue weighted by atomic mass is 10.1. The van der Waals surface area contributed by atoms with Crippen molar-refractivity contribution in [2.45, 2.75) is 25.8 Å². The first kappa shape index (κ1) is 17.8. The maximum absolute atomic E-state index is 12.3. The van der Waals surface area contributed by atoms with Gasteiger partial charge in [-0.15, -0.1) is 0 Å². The second-order valence-electron chi connectivity index (χ2n) is 5.73. The van der Waals surface area contributed by atoms with Gasteiger partial charge in [-0.25, -0.2) is 9.59 Å². The van der Waals surface area contributed by atoms with E-state index in [0.29, 0.717) is 32.5 Å². The van der Waals surface area contributed by atoms with E-state index >= 15 is 0 Å². The summed E-state index contributed by atoms with van der Waals surface area (Å²) in [6.07, 6.45) is 2.05. The van der Waals surface area contributed by atoms with Gasteiger partial charge in [0.05, 0.1) is 6.61 Å². The first-order chi connectivity index (χ1) is 11.3. The van der Waals surface area contributed by atoms with Gasteiger partial charge in [-0.1, -0.05) is 0 Å². The first-order valence-corrected chi connectivity index (χ1v) is 7.84. The van der Waals surface area contributed by atoms with Crippen molar-refractivity contribution in [1.29, 1.82) is 0 Å². The number of carbonyl (C=O) groups excluding carboxylic acids is 2. The normalized spacial score (nSPS) is 15.2. The molecule has 0 saturated carbocycles. The number of carbonyl (C=O) groups is 2. The van der Waals surface area contributed by atoms with Crippen molar-refractivity contribution in [3.05, 3.63) is 32.6 Å². The number of nitrogens with zero attached hydrogens (tertiary/aromatic N) is 3. The Bertz CT molecular complexity index is 743.